The van der Waals surface area contributed by atoms with E-state index in [1.165, 1.54) is 38.5 Å². The maximum Gasteiger partial charge on any atom is 0.0616 e. The third kappa shape index (κ3) is 3.03. The van der Waals surface area contributed by atoms with E-state index >= 15 is 0 Å². The molecule has 17 heavy (non-hydrogen) atoms. The van der Waals surface area contributed by atoms with Crippen molar-refractivity contribution in [1.29, 1.82) is 0 Å². The largest absolute Gasteiger partial charge is 0.378 e. The van der Waals surface area contributed by atoms with Crippen LogP contribution in [0.2, 0.25) is 0 Å². The van der Waals surface area contributed by atoms with E-state index in [2.05, 4.69) is 26.2 Å². The van der Waals surface area contributed by atoms with E-state index in [-0.39, 0.29) is 0 Å². The Kier molecular flexibility index (Phi) is 4.87. The summed E-state index contributed by atoms with van der Waals surface area (Å²) in [7, 11) is 2.15. The molecule has 2 heteroatoms. The minimum Gasteiger partial charge on any atom is -0.378 e. The van der Waals surface area contributed by atoms with Crippen LogP contribution in [0, 0.1) is 17.8 Å². The molecule has 100 valence electrons. The smallest absolute Gasteiger partial charge is 0.0616 e. The van der Waals surface area contributed by atoms with Crippen molar-refractivity contribution in [1.82, 2.24) is 5.32 Å². The van der Waals surface area contributed by atoms with E-state index < -0.39 is 0 Å². The van der Waals surface area contributed by atoms with E-state index in [9.17, 15) is 0 Å². The van der Waals surface area contributed by atoms with E-state index in [1.54, 1.807) is 0 Å². The number of hydrogen-bond acceptors (Lipinski definition) is 2. The third-order valence-corrected chi connectivity index (χ3v) is 4.94. The molecule has 0 aromatic carbocycles. The van der Waals surface area contributed by atoms with Gasteiger partial charge in [0.05, 0.1) is 6.10 Å². The van der Waals surface area contributed by atoms with E-state index in [0.717, 1.165) is 24.4 Å². The summed E-state index contributed by atoms with van der Waals surface area (Å²) < 4.78 is 5.88. The van der Waals surface area contributed by atoms with E-state index in [4.69, 9.17) is 4.74 Å². The Hall–Kier alpha value is -0.0800. The summed E-state index contributed by atoms with van der Waals surface area (Å²) >= 11 is 0. The van der Waals surface area contributed by atoms with Gasteiger partial charge in [-0.3, -0.25) is 0 Å². The Bertz CT molecular complexity index is 231. The van der Waals surface area contributed by atoms with Gasteiger partial charge in [-0.25, -0.2) is 0 Å². The summed E-state index contributed by atoms with van der Waals surface area (Å²) in [5.41, 5.74) is 0. The molecule has 2 nitrogen and oxygen atoms in total. The molecule has 1 saturated carbocycles. The van der Waals surface area contributed by atoms with Crippen LogP contribution in [0.5, 0.6) is 0 Å². The van der Waals surface area contributed by atoms with Crippen molar-refractivity contribution in [3.63, 3.8) is 0 Å². The summed E-state index contributed by atoms with van der Waals surface area (Å²) in [5.74, 6) is 2.55. The van der Waals surface area contributed by atoms with Gasteiger partial charge < -0.3 is 10.1 Å². The molecule has 1 saturated heterocycles. The van der Waals surface area contributed by atoms with Gasteiger partial charge in [-0.1, -0.05) is 26.7 Å². The van der Waals surface area contributed by atoms with Gasteiger partial charge in [0.25, 0.3) is 0 Å². The third-order valence-electron chi connectivity index (χ3n) is 4.94. The predicted molar refractivity (Wildman–Crippen MR) is 72.1 cm³/mol. The van der Waals surface area contributed by atoms with Crippen LogP contribution in [0.3, 0.4) is 0 Å². The summed E-state index contributed by atoms with van der Waals surface area (Å²) in [6.07, 6.45) is 8.63. The van der Waals surface area contributed by atoms with Crippen LogP contribution in [-0.2, 0) is 4.74 Å². The molecule has 0 radical (unpaired) electrons. The van der Waals surface area contributed by atoms with Gasteiger partial charge in [0, 0.05) is 18.6 Å². The molecular formula is C15H29NO. The molecule has 2 rings (SSSR count). The van der Waals surface area contributed by atoms with E-state index in [0.29, 0.717) is 12.1 Å². The highest BCUT2D eigenvalue weighted by molar-refractivity contribution is 4.91. The van der Waals surface area contributed by atoms with Crippen molar-refractivity contribution < 1.29 is 4.74 Å². The van der Waals surface area contributed by atoms with Gasteiger partial charge in [0.1, 0.15) is 0 Å². The Labute approximate surface area is 107 Å². The normalized spacial score (nSPS) is 40.4. The Balaban J connectivity index is 1.99. The monoisotopic (exact) mass is 239 g/mol. The number of hydrogen-bond donors (Lipinski definition) is 1. The molecule has 0 amide bonds. The molecule has 5 atom stereocenters. The van der Waals surface area contributed by atoms with Crippen molar-refractivity contribution in [2.75, 3.05) is 13.7 Å². The molecule has 0 bridgehead atoms. The first-order valence-corrected chi connectivity index (χ1v) is 7.55. The lowest BCUT2D eigenvalue weighted by molar-refractivity contribution is 0.0636. The minimum atomic E-state index is 0.504. The van der Waals surface area contributed by atoms with Crippen LogP contribution in [0.25, 0.3) is 0 Å². The van der Waals surface area contributed by atoms with Crippen LogP contribution in [-0.4, -0.2) is 25.8 Å². The minimum absolute atomic E-state index is 0.504. The van der Waals surface area contributed by atoms with E-state index in [1.807, 2.05) is 0 Å². The van der Waals surface area contributed by atoms with Crippen LogP contribution < -0.4 is 5.32 Å². The van der Waals surface area contributed by atoms with Crippen molar-refractivity contribution in [3.05, 3.63) is 0 Å². The predicted octanol–water partition coefficient (Wildman–Crippen LogP) is 3.22. The topological polar surface area (TPSA) is 21.3 Å². The molecule has 1 aliphatic heterocycles. The number of ether oxygens (including phenoxy) is 1. The first kappa shape index (κ1) is 13.4. The van der Waals surface area contributed by atoms with Crippen molar-refractivity contribution in [2.24, 2.45) is 17.8 Å². The zero-order chi connectivity index (χ0) is 12.3. The second-order valence-corrected chi connectivity index (χ2v) is 6.12. The molecule has 2 aliphatic rings. The lowest BCUT2D eigenvalue weighted by atomic mass is 9.73. The van der Waals surface area contributed by atoms with Crippen LogP contribution in [0.15, 0.2) is 0 Å². The van der Waals surface area contributed by atoms with Crippen molar-refractivity contribution in [2.45, 2.75) is 64.5 Å². The first-order valence-electron chi connectivity index (χ1n) is 7.55. The fourth-order valence-electron chi connectivity index (χ4n) is 4.10. The van der Waals surface area contributed by atoms with Crippen LogP contribution >= 0.6 is 0 Å². The molecule has 0 spiro atoms. The highest BCUT2D eigenvalue weighted by Gasteiger charge is 2.38. The lowest BCUT2D eigenvalue weighted by Gasteiger charge is -2.37. The standard InChI is InChI=1S/C15H29NO/c1-4-14-13(8-9-17-14)15(16-3)12-7-5-6-11(2)10-12/h11-16H,4-10H2,1-3H3. The lowest BCUT2D eigenvalue weighted by Crippen LogP contribution is -2.44. The maximum absolute atomic E-state index is 5.88. The van der Waals surface area contributed by atoms with Gasteiger partial charge in [-0.05, 0) is 44.6 Å². The second kappa shape index (κ2) is 6.19. The van der Waals surface area contributed by atoms with Crippen molar-refractivity contribution >= 4 is 0 Å². The number of rotatable bonds is 4. The van der Waals surface area contributed by atoms with Crippen molar-refractivity contribution in [3.8, 4) is 0 Å². The fraction of sp³-hybridized carbons (Fsp3) is 1.00. The summed E-state index contributed by atoms with van der Waals surface area (Å²) in [6.45, 7) is 5.66. The molecule has 1 aliphatic carbocycles. The molecule has 2 fully saturated rings. The average molecular weight is 239 g/mol. The molecule has 1 heterocycles. The number of nitrogens with one attached hydrogen (secondary N) is 1. The highest BCUT2D eigenvalue weighted by Crippen LogP contribution is 2.37. The molecular weight excluding hydrogens is 210 g/mol. The summed E-state index contributed by atoms with van der Waals surface area (Å²) in [4.78, 5) is 0. The van der Waals surface area contributed by atoms with Crippen LogP contribution in [0.4, 0.5) is 0 Å². The molecule has 0 aromatic heterocycles. The Morgan fingerprint density at radius 3 is 2.76 bits per heavy atom. The van der Waals surface area contributed by atoms with Gasteiger partial charge in [-0.2, -0.15) is 0 Å². The zero-order valence-corrected chi connectivity index (χ0v) is 11.7. The zero-order valence-electron chi connectivity index (χ0n) is 11.7. The highest BCUT2D eigenvalue weighted by atomic mass is 16.5. The van der Waals surface area contributed by atoms with Crippen LogP contribution in [0.1, 0.15) is 52.4 Å². The second-order valence-electron chi connectivity index (χ2n) is 6.12. The van der Waals surface area contributed by atoms with Gasteiger partial charge in [0.15, 0.2) is 0 Å². The SMILES string of the molecule is CCC1OCCC1C(NC)C1CCCC(C)C1. The Morgan fingerprint density at radius 2 is 2.12 bits per heavy atom. The average Bonchev–Trinajstić information content (AvgIpc) is 2.78. The molecule has 0 aromatic rings. The molecule has 5 unspecified atom stereocenters. The van der Waals surface area contributed by atoms with Gasteiger partial charge in [-0.15, -0.1) is 0 Å². The van der Waals surface area contributed by atoms with Gasteiger partial charge >= 0.3 is 0 Å². The summed E-state index contributed by atoms with van der Waals surface area (Å²) in [6, 6.07) is 0.685. The molecule has 1 N–H and O–H groups in total. The Morgan fingerprint density at radius 1 is 1.29 bits per heavy atom. The van der Waals surface area contributed by atoms with Gasteiger partial charge in [0.2, 0.25) is 0 Å². The fourth-order valence-corrected chi connectivity index (χ4v) is 4.10. The quantitative estimate of drug-likeness (QED) is 0.813. The maximum atomic E-state index is 5.88. The summed E-state index contributed by atoms with van der Waals surface area (Å²) in [5, 5.41) is 3.62. The first-order chi connectivity index (χ1) is 8.26.